The molecule has 0 bridgehead atoms. The molecule has 0 heterocycles. The van der Waals surface area contributed by atoms with Gasteiger partial charge < -0.3 is 19.9 Å². The molecule has 0 radical (unpaired) electrons. The van der Waals surface area contributed by atoms with Gasteiger partial charge in [-0.15, -0.1) is 0 Å². The minimum absolute atomic E-state index is 0.265. The van der Waals surface area contributed by atoms with E-state index >= 15 is 0 Å². The second-order valence-corrected chi connectivity index (χ2v) is 5.51. The highest BCUT2D eigenvalue weighted by Gasteiger charge is 2.34. The summed E-state index contributed by atoms with van der Waals surface area (Å²) in [6.07, 6.45) is 4.37. The fourth-order valence-electron chi connectivity index (χ4n) is 2.52. The molecule has 2 rings (SSSR count). The highest BCUT2D eigenvalue weighted by Crippen LogP contribution is 2.34. The fourth-order valence-corrected chi connectivity index (χ4v) is 2.52. The van der Waals surface area contributed by atoms with E-state index in [4.69, 9.17) is 9.47 Å². The van der Waals surface area contributed by atoms with Crippen LogP contribution in [0.25, 0.3) is 0 Å². The van der Waals surface area contributed by atoms with Crippen molar-refractivity contribution < 1.29 is 14.6 Å². The Morgan fingerprint density at radius 3 is 2.40 bits per heavy atom. The van der Waals surface area contributed by atoms with Crippen molar-refractivity contribution in [2.24, 2.45) is 0 Å². The predicted molar refractivity (Wildman–Crippen MR) is 79.4 cm³/mol. The van der Waals surface area contributed by atoms with Gasteiger partial charge in [-0.3, -0.25) is 0 Å². The maximum Gasteiger partial charge on any atom is 0.119 e. The number of ether oxygens (including phenoxy) is 2. The zero-order chi connectivity index (χ0) is 14.4. The van der Waals surface area contributed by atoms with Crippen LogP contribution in [0.4, 0.5) is 0 Å². The first-order chi connectivity index (χ1) is 9.67. The summed E-state index contributed by atoms with van der Waals surface area (Å²) < 4.78 is 10.7. The largest absolute Gasteiger partial charge is 0.497 e. The van der Waals surface area contributed by atoms with E-state index in [1.807, 2.05) is 24.3 Å². The Kier molecular flexibility index (Phi) is 5.26. The van der Waals surface area contributed by atoms with E-state index in [-0.39, 0.29) is 5.54 Å². The lowest BCUT2D eigenvalue weighted by molar-refractivity contribution is 0.0811. The van der Waals surface area contributed by atoms with Crippen LogP contribution in [0.2, 0.25) is 0 Å². The molecule has 0 spiro atoms. The predicted octanol–water partition coefficient (Wildman–Crippen LogP) is 2.36. The van der Waals surface area contributed by atoms with Crippen LogP contribution in [-0.2, 0) is 0 Å². The molecule has 0 aliphatic heterocycles. The van der Waals surface area contributed by atoms with Gasteiger partial charge in [0.05, 0.1) is 7.11 Å². The average Bonchev–Trinajstić information content (AvgIpc) is 2.45. The van der Waals surface area contributed by atoms with E-state index < -0.39 is 6.10 Å². The first kappa shape index (κ1) is 15.1. The van der Waals surface area contributed by atoms with Gasteiger partial charge in [0.1, 0.15) is 24.2 Å². The summed E-state index contributed by atoms with van der Waals surface area (Å²) in [4.78, 5) is 0. The van der Waals surface area contributed by atoms with Crippen molar-refractivity contribution in [3.05, 3.63) is 24.3 Å². The molecule has 1 aromatic carbocycles. The number of hydrogen-bond acceptors (Lipinski definition) is 4. The van der Waals surface area contributed by atoms with Crippen molar-refractivity contribution in [2.75, 3.05) is 20.3 Å². The molecule has 1 aromatic rings. The van der Waals surface area contributed by atoms with Crippen molar-refractivity contribution in [1.82, 2.24) is 5.32 Å². The molecule has 4 heteroatoms. The van der Waals surface area contributed by atoms with Crippen LogP contribution < -0.4 is 14.8 Å². The lowest BCUT2D eigenvalue weighted by Gasteiger charge is -2.42. The number of methoxy groups -OCH3 is 1. The number of rotatable bonds is 8. The van der Waals surface area contributed by atoms with Crippen molar-refractivity contribution >= 4 is 0 Å². The van der Waals surface area contributed by atoms with E-state index in [0.29, 0.717) is 13.2 Å². The second-order valence-electron chi connectivity index (χ2n) is 5.51. The number of benzene rings is 1. The Bertz CT molecular complexity index is 395. The van der Waals surface area contributed by atoms with E-state index in [1.165, 1.54) is 19.3 Å². The fraction of sp³-hybridized carbons (Fsp3) is 0.625. The lowest BCUT2D eigenvalue weighted by Crippen LogP contribution is -2.53. The molecule has 112 valence electrons. The highest BCUT2D eigenvalue weighted by atomic mass is 16.5. The van der Waals surface area contributed by atoms with Gasteiger partial charge in [-0.1, -0.05) is 6.92 Å². The topological polar surface area (TPSA) is 50.7 Å². The summed E-state index contributed by atoms with van der Waals surface area (Å²) >= 11 is 0. The van der Waals surface area contributed by atoms with Gasteiger partial charge in [-0.25, -0.2) is 0 Å². The molecule has 1 aliphatic rings. The van der Waals surface area contributed by atoms with Crippen molar-refractivity contribution in [1.29, 1.82) is 0 Å². The summed E-state index contributed by atoms with van der Waals surface area (Å²) in [6, 6.07) is 7.39. The Balaban J connectivity index is 1.70. The third-order valence-corrected chi connectivity index (χ3v) is 4.20. The molecule has 4 nitrogen and oxygen atoms in total. The van der Waals surface area contributed by atoms with Crippen molar-refractivity contribution in [3.63, 3.8) is 0 Å². The highest BCUT2D eigenvalue weighted by molar-refractivity contribution is 5.31. The first-order valence-corrected chi connectivity index (χ1v) is 7.37. The second kappa shape index (κ2) is 6.95. The van der Waals surface area contributed by atoms with Gasteiger partial charge in [0, 0.05) is 12.1 Å². The van der Waals surface area contributed by atoms with Crippen LogP contribution in [0.15, 0.2) is 24.3 Å². The Morgan fingerprint density at radius 1 is 1.25 bits per heavy atom. The van der Waals surface area contributed by atoms with Crippen molar-refractivity contribution in [2.45, 2.75) is 44.2 Å². The average molecular weight is 279 g/mol. The van der Waals surface area contributed by atoms with Gasteiger partial charge >= 0.3 is 0 Å². The molecule has 1 fully saturated rings. The van der Waals surface area contributed by atoms with Crippen LogP contribution >= 0.6 is 0 Å². The van der Waals surface area contributed by atoms with Gasteiger partial charge in [0.2, 0.25) is 0 Å². The van der Waals surface area contributed by atoms with Gasteiger partial charge in [0.25, 0.3) is 0 Å². The Morgan fingerprint density at radius 2 is 1.90 bits per heavy atom. The molecule has 0 amide bonds. The third kappa shape index (κ3) is 3.87. The molecule has 2 N–H and O–H groups in total. The molecule has 0 aromatic heterocycles. The first-order valence-electron chi connectivity index (χ1n) is 7.37. The smallest absolute Gasteiger partial charge is 0.119 e. The molecule has 20 heavy (non-hydrogen) atoms. The molecular formula is C16H25NO3. The number of β-amino-alcohol motifs (C(OH)–C–C–N with tert-alkyl or cyclic N) is 1. The SMILES string of the molecule is CCC1(NCC(O)COc2ccc(OC)cc2)CCC1. The molecule has 1 unspecified atom stereocenters. The van der Waals surface area contributed by atoms with E-state index in [0.717, 1.165) is 17.9 Å². The quantitative estimate of drug-likeness (QED) is 0.767. The van der Waals surface area contributed by atoms with Gasteiger partial charge in [-0.2, -0.15) is 0 Å². The standard InChI is InChI=1S/C16H25NO3/c1-3-16(9-4-10-16)17-11-13(18)12-20-15-7-5-14(19-2)6-8-15/h5-8,13,17-18H,3-4,9-12H2,1-2H3. The van der Waals surface area contributed by atoms with Crippen LogP contribution in [0.5, 0.6) is 11.5 Å². The number of aliphatic hydroxyl groups is 1. The summed E-state index contributed by atoms with van der Waals surface area (Å²) in [6.45, 7) is 3.09. The normalized spacial score (nSPS) is 18.1. The minimum Gasteiger partial charge on any atom is -0.497 e. The summed E-state index contributed by atoms with van der Waals surface area (Å²) in [7, 11) is 1.63. The summed E-state index contributed by atoms with van der Waals surface area (Å²) in [5, 5.41) is 13.5. The van der Waals surface area contributed by atoms with Crippen LogP contribution in [0.1, 0.15) is 32.6 Å². The van der Waals surface area contributed by atoms with E-state index in [9.17, 15) is 5.11 Å². The molecule has 1 saturated carbocycles. The zero-order valence-corrected chi connectivity index (χ0v) is 12.4. The van der Waals surface area contributed by atoms with Crippen LogP contribution in [0, 0.1) is 0 Å². The Labute approximate surface area is 121 Å². The summed E-state index contributed by atoms with van der Waals surface area (Å²) in [5.74, 6) is 1.55. The molecule has 1 atom stereocenters. The Hall–Kier alpha value is -1.26. The van der Waals surface area contributed by atoms with E-state index in [2.05, 4.69) is 12.2 Å². The maximum absolute atomic E-state index is 9.98. The lowest BCUT2D eigenvalue weighted by atomic mass is 9.75. The van der Waals surface area contributed by atoms with Crippen molar-refractivity contribution in [3.8, 4) is 11.5 Å². The summed E-state index contributed by atoms with van der Waals surface area (Å²) in [5.41, 5.74) is 0.265. The van der Waals surface area contributed by atoms with Gasteiger partial charge in [-0.05, 0) is 49.9 Å². The third-order valence-electron chi connectivity index (χ3n) is 4.20. The number of hydrogen-bond donors (Lipinski definition) is 2. The van der Waals surface area contributed by atoms with Gasteiger partial charge in [0.15, 0.2) is 0 Å². The monoisotopic (exact) mass is 279 g/mol. The zero-order valence-electron chi connectivity index (χ0n) is 12.4. The van der Waals surface area contributed by atoms with Crippen LogP contribution in [0.3, 0.4) is 0 Å². The molecule has 1 aliphatic carbocycles. The van der Waals surface area contributed by atoms with Crippen LogP contribution in [-0.4, -0.2) is 37.0 Å². The minimum atomic E-state index is -0.485. The maximum atomic E-state index is 9.98. The molecular weight excluding hydrogens is 254 g/mol. The van der Waals surface area contributed by atoms with E-state index in [1.54, 1.807) is 7.11 Å². The number of aliphatic hydroxyl groups excluding tert-OH is 1. The molecule has 0 saturated heterocycles. The number of nitrogens with one attached hydrogen (secondary N) is 1.